The number of rotatable bonds is 9. The zero-order chi connectivity index (χ0) is 24.6. The molecule has 3 amide bonds. The smallest absolute Gasteiger partial charge is 0.383 e. The SMILES string of the molecule is CC(C)[C@@H](O)C(=O)N1CC2(CC2)C[C@H]1C(=O)N[C@@H](C[C@@H]1CCNC1=O)C(=O)COC(F)(F)F. The highest BCUT2D eigenvalue weighted by Gasteiger charge is 2.56. The molecule has 9 nitrogen and oxygen atoms in total. The molecular weight excluding hydrogens is 447 g/mol. The molecule has 0 aromatic carbocycles. The molecule has 3 aliphatic rings. The van der Waals surface area contributed by atoms with Gasteiger partial charge >= 0.3 is 6.36 Å². The molecule has 2 aliphatic heterocycles. The molecule has 0 unspecified atom stereocenters. The minimum atomic E-state index is -5.02. The van der Waals surface area contributed by atoms with Crippen LogP contribution in [0.3, 0.4) is 0 Å². The van der Waals surface area contributed by atoms with Gasteiger partial charge < -0.3 is 20.6 Å². The molecule has 0 bridgehead atoms. The topological polar surface area (TPSA) is 125 Å². The lowest BCUT2D eigenvalue weighted by molar-refractivity contribution is -0.321. The van der Waals surface area contributed by atoms with Gasteiger partial charge in [0.1, 0.15) is 18.8 Å². The van der Waals surface area contributed by atoms with Crippen LogP contribution in [0.25, 0.3) is 0 Å². The number of hydrogen-bond donors (Lipinski definition) is 3. The average Bonchev–Trinajstić information content (AvgIpc) is 3.19. The van der Waals surface area contributed by atoms with Gasteiger partial charge in [0.25, 0.3) is 5.91 Å². The van der Waals surface area contributed by atoms with Gasteiger partial charge in [-0.1, -0.05) is 13.8 Å². The molecule has 186 valence electrons. The number of halogens is 3. The molecule has 12 heteroatoms. The largest absolute Gasteiger partial charge is 0.522 e. The monoisotopic (exact) mass is 477 g/mol. The van der Waals surface area contributed by atoms with Gasteiger partial charge in [0.05, 0.1) is 6.04 Å². The number of alkyl halides is 3. The lowest BCUT2D eigenvalue weighted by atomic mass is 9.95. The summed E-state index contributed by atoms with van der Waals surface area (Å²) in [6.45, 7) is 2.71. The molecule has 0 aromatic rings. The van der Waals surface area contributed by atoms with Crippen molar-refractivity contribution in [1.29, 1.82) is 0 Å². The van der Waals surface area contributed by atoms with Gasteiger partial charge in [0, 0.05) is 19.0 Å². The van der Waals surface area contributed by atoms with Crippen LogP contribution in [0, 0.1) is 17.3 Å². The van der Waals surface area contributed by atoms with Crippen molar-refractivity contribution in [2.45, 2.75) is 70.5 Å². The summed E-state index contributed by atoms with van der Waals surface area (Å²) >= 11 is 0. The maximum Gasteiger partial charge on any atom is 0.522 e. The third-order valence-corrected chi connectivity index (χ3v) is 6.70. The summed E-state index contributed by atoms with van der Waals surface area (Å²) < 4.78 is 40.9. The Morgan fingerprint density at radius 2 is 1.97 bits per heavy atom. The second-order valence-electron chi connectivity index (χ2n) is 9.65. The molecule has 1 aliphatic carbocycles. The van der Waals surface area contributed by atoms with Gasteiger partial charge in [-0.3, -0.25) is 23.9 Å². The van der Waals surface area contributed by atoms with E-state index in [2.05, 4.69) is 15.4 Å². The molecular formula is C21H30F3N3O6. The van der Waals surface area contributed by atoms with Crippen LogP contribution in [0.1, 0.15) is 46.0 Å². The number of aliphatic hydroxyl groups is 1. The van der Waals surface area contributed by atoms with Crippen molar-refractivity contribution in [3.05, 3.63) is 0 Å². The molecule has 3 fully saturated rings. The predicted molar refractivity (Wildman–Crippen MR) is 107 cm³/mol. The number of carbonyl (C=O) groups is 4. The van der Waals surface area contributed by atoms with Gasteiger partial charge in [0.15, 0.2) is 5.78 Å². The standard InChI is InChI=1S/C21H30F3N3O6/c1-11(2)16(29)19(32)27-10-20(4-5-20)8-14(27)18(31)26-13(7-12-3-6-25-17(12)30)15(28)9-33-21(22,23)24/h11-14,16,29H,3-10H2,1-2H3,(H,25,30)(H,26,31)/t12-,13-,14-,16+/m0/s1. The van der Waals surface area contributed by atoms with Crippen molar-refractivity contribution in [3.63, 3.8) is 0 Å². The Morgan fingerprint density at radius 1 is 1.30 bits per heavy atom. The number of hydrogen-bond acceptors (Lipinski definition) is 6. The number of amides is 3. The van der Waals surface area contributed by atoms with Crippen LogP contribution in [0.5, 0.6) is 0 Å². The number of nitrogens with one attached hydrogen (secondary N) is 2. The first kappa shape index (κ1) is 25.4. The molecule has 0 aromatic heterocycles. The number of Topliss-reactive ketones (excluding diaryl/α,β-unsaturated/α-hetero) is 1. The fourth-order valence-electron chi connectivity index (χ4n) is 4.46. The van der Waals surface area contributed by atoms with Crippen molar-refractivity contribution < 1.29 is 42.2 Å². The Morgan fingerprint density at radius 3 is 2.48 bits per heavy atom. The molecule has 4 atom stereocenters. The minimum absolute atomic E-state index is 0.169. The van der Waals surface area contributed by atoms with E-state index in [1.165, 1.54) is 4.90 Å². The van der Waals surface area contributed by atoms with E-state index < -0.39 is 54.7 Å². The number of ketones is 1. The van der Waals surface area contributed by atoms with E-state index >= 15 is 0 Å². The van der Waals surface area contributed by atoms with Crippen LogP contribution >= 0.6 is 0 Å². The first-order valence-corrected chi connectivity index (χ1v) is 11.1. The summed E-state index contributed by atoms with van der Waals surface area (Å²) in [5, 5.41) is 15.3. The van der Waals surface area contributed by atoms with E-state index in [1.807, 2.05) is 0 Å². The van der Waals surface area contributed by atoms with Crippen LogP contribution in [0.15, 0.2) is 0 Å². The van der Waals surface area contributed by atoms with Gasteiger partial charge in [-0.2, -0.15) is 0 Å². The molecule has 1 spiro atoms. The molecule has 0 radical (unpaired) electrons. The van der Waals surface area contributed by atoms with Crippen LogP contribution in [0.4, 0.5) is 13.2 Å². The van der Waals surface area contributed by atoms with E-state index in [1.54, 1.807) is 13.8 Å². The lowest BCUT2D eigenvalue weighted by Gasteiger charge is -2.29. The van der Waals surface area contributed by atoms with E-state index in [0.717, 1.165) is 12.8 Å². The molecule has 3 rings (SSSR count). The Hall–Kier alpha value is -2.21. The Bertz CT molecular complexity index is 799. The summed E-state index contributed by atoms with van der Waals surface area (Å²) in [5.74, 6) is -3.64. The first-order chi connectivity index (χ1) is 15.3. The molecule has 2 heterocycles. The molecule has 2 saturated heterocycles. The summed E-state index contributed by atoms with van der Waals surface area (Å²) in [4.78, 5) is 51.7. The maximum absolute atomic E-state index is 13.1. The fraction of sp³-hybridized carbons (Fsp3) is 0.810. The third kappa shape index (κ3) is 6.23. The van der Waals surface area contributed by atoms with E-state index in [0.29, 0.717) is 25.9 Å². The van der Waals surface area contributed by atoms with Crippen molar-refractivity contribution in [2.75, 3.05) is 19.7 Å². The number of ether oxygens (including phenoxy) is 1. The Kier molecular flexibility index (Phi) is 7.37. The fourth-order valence-corrected chi connectivity index (χ4v) is 4.46. The van der Waals surface area contributed by atoms with Crippen LogP contribution < -0.4 is 10.6 Å². The van der Waals surface area contributed by atoms with Gasteiger partial charge in [-0.15, -0.1) is 13.2 Å². The second-order valence-corrected chi connectivity index (χ2v) is 9.65. The zero-order valence-corrected chi connectivity index (χ0v) is 18.6. The summed E-state index contributed by atoms with van der Waals surface area (Å²) in [7, 11) is 0. The van der Waals surface area contributed by atoms with Crippen molar-refractivity contribution in [3.8, 4) is 0 Å². The lowest BCUT2D eigenvalue weighted by Crippen LogP contribution is -2.54. The highest BCUT2D eigenvalue weighted by molar-refractivity contribution is 5.95. The molecule has 1 saturated carbocycles. The number of carbonyl (C=O) groups excluding carboxylic acids is 4. The van der Waals surface area contributed by atoms with Gasteiger partial charge in [-0.05, 0) is 43.4 Å². The number of nitrogens with zero attached hydrogens (tertiary/aromatic N) is 1. The number of aliphatic hydroxyl groups excluding tert-OH is 1. The van der Waals surface area contributed by atoms with Crippen molar-refractivity contribution in [1.82, 2.24) is 15.5 Å². The molecule has 33 heavy (non-hydrogen) atoms. The van der Waals surface area contributed by atoms with E-state index in [-0.39, 0.29) is 23.7 Å². The van der Waals surface area contributed by atoms with Crippen LogP contribution in [0.2, 0.25) is 0 Å². The summed E-state index contributed by atoms with van der Waals surface area (Å²) in [6, 6.07) is -2.33. The summed E-state index contributed by atoms with van der Waals surface area (Å²) in [5.41, 5.74) is -0.210. The molecule has 3 N–H and O–H groups in total. The summed E-state index contributed by atoms with van der Waals surface area (Å²) in [6.07, 6.45) is -4.11. The van der Waals surface area contributed by atoms with Crippen LogP contribution in [-0.4, -0.2) is 77.8 Å². The zero-order valence-electron chi connectivity index (χ0n) is 18.6. The number of likely N-dealkylation sites (tertiary alicyclic amines) is 1. The second kappa shape index (κ2) is 9.57. The third-order valence-electron chi connectivity index (χ3n) is 6.70. The normalized spacial score (nSPS) is 25.8. The first-order valence-electron chi connectivity index (χ1n) is 11.1. The highest BCUT2D eigenvalue weighted by atomic mass is 19.4. The highest BCUT2D eigenvalue weighted by Crippen LogP contribution is 2.55. The Balaban J connectivity index is 1.74. The van der Waals surface area contributed by atoms with Crippen LogP contribution in [-0.2, 0) is 23.9 Å². The van der Waals surface area contributed by atoms with E-state index in [9.17, 15) is 37.5 Å². The predicted octanol–water partition coefficient (Wildman–Crippen LogP) is 0.501. The average molecular weight is 477 g/mol. The van der Waals surface area contributed by atoms with Gasteiger partial charge in [0.2, 0.25) is 11.8 Å². The van der Waals surface area contributed by atoms with Gasteiger partial charge in [-0.25, -0.2) is 0 Å². The van der Waals surface area contributed by atoms with Crippen molar-refractivity contribution >= 4 is 23.5 Å². The minimum Gasteiger partial charge on any atom is -0.383 e. The maximum atomic E-state index is 13.1. The Labute approximate surface area is 189 Å². The van der Waals surface area contributed by atoms with Crippen molar-refractivity contribution in [2.24, 2.45) is 17.3 Å². The quantitative estimate of drug-likeness (QED) is 0.444. The van der Waals surface area contributed by atoms with E-state index in [4.69, 9.17) is 0 Å².